The monoisotopic (exact) mass is 295 g/mol. The highest BCUT2D eigenvalue weighted by Crippen LogP contribution is 2.29. The van der Waals surface area contributed by atoms with E-state index >= 15 is 0 Å². The number of nitrogens with one attached hydrogen (secondary N) is 1. The van der Waals surface area contributed by atoms with E-state index in [0.29, 0.717) is 24.0 Å². The van der Waals surface area contributed by atoms with Crippen molar-refractivity contribution in [1.82, 2.24) is 15.2 Å². The minimum atomic E-state index is 0.430. The molecule has 20 heavy (non-hydrogen) atoms. The first-order valence-electron chi connectivity index (χ1n) is 7.87. The SMILES string of the molecule is CC(C)CC1CN(C(C)c2nccs2)C(C(C)C)CN1. The van der Waals surface area contributed by atoms with Crippen LogP contribution < -0.4 is 5.32 Å². The second kappa shape index (κ2) is 7.01. The fourth-order valence-electron chi connectivity index (χ4n) is 3.23. The molecular formula is C16H29N3S. The molecule has 2 heterocycles. The summed E-state index contributed by atoms with van der Waals surface area (Å²) in [4.78, 5) is 7.20. The average molecular weight is 295 g/mol. The third kappa shape index (κ3) is 3.80. The maximum atomic E-state index is 4.53. The maximum Gasteiger partial charge on any atom is 0.109 e. The zero-order valence-corrected chi connectivity index (χ0v) is 14.3. The topological polar surface area (TPSA) is 28.2 Å². The molecule has 0 spiro atoms. The lowest BCUT2D eigenvalue weighted by Crippen LogP contribution is -2.58. The standard InChI is InChI=1S/C16H29N3S/c1-11(2)8-14-10-19(15(9-18-14)12(3)4)13(5)16-17-6-7-20-16/h6-7,11-15,18H,8-10H2,1-5H3. The second-order valence-corrected chi connectivity index (χ2v) is 7.72. The molecule has 1 aromatic rings. The summed E-state index contributed by atoms with van der Waals surface area (Å²) in [5.41, 5.74) is 0. The van der Waals surface area contributed by atoms with E-state index in [0.717, 1.165) is 19.0 Å². The highest BCUT2D eigenvalue weighted by atomic mass is 32.1. The van der Waals surface area contributed by atoms with Gasteiger partial charge in [-0.2, -0.15) is 0 Å². The van der Waals surface area contributed by atoms with Crippen LogP contribution in [-0.2, 0) is 0 Å². The Bertz CT molecular complexity index is 388. The van der Waals surface area contributed by atoms with Gasteiger partial charge in [-0.05, 0) is 25.2 Å². The molecule has 2 rings (SSSR count). The summed E-state index contributed by atoms with van der Waals surface area (Å²) in [7, 11) is 0. The molecule has 0 aliphatic carbocycles. The lowest BCUT2D eigenvalue weighted by Gasteiger charge is -2.45. The van der Waals surface area contributed by atoms with Gasteiger partial charge in [0, 0.05) is 36.8 Å². The van der Waals surface area contributed by atoms with Gasteiger partial charge in [0.05, 0.1) is 6.04 Å². The van der Waals surface area contributed by atoms with Gasteiger partial charge in [0.1, 0.15) is 5.01 Å². The molecule has 4 heteroatoms. The lowest BCUT2D eigenvalue weighted by molar-refractivity contribution is 0.0570. The van der Waals surface area contributed by atoms with E-state index in [1.165, 1.54) is 11.4 Å². The van der Waals surface area contributed by atoms with E-state index < -0.39 is 0 Å². The van der Waals surface area contributed by atoms with Gasteiger partial charge < -0.3 is 5.32 Å². The van der Waals surface area contributed by atoms with Crippen molar-refractivity contribution in [3.8, 4) is 0 Å². The van der Waals surface area contributed by atoms with Gasteiger partial charge in [-0.3, -0.25) is 4.90 Å². The predicted molar refractivity (Wildman–Crippen MR) is 87.1 cm³/mol. The van der Waals surface area contributed by atoms with Crippen LogP contribution in [0, 0.1) is 11.8 Å². The van der Waals surface area contributed by atoms with Crippen LogP contribution in [0.25, 0.3) is 0 Å². The first-order valence-corrected chi connectivity index (χ1v) is 8.75. The van der Waals surface area contributed by atoms with Gasteiger partial charge in [-0.1, -0.05) is 27.7 Å². The number of piperazine rings is 1. The molecule has 1 aliphatic heterocycles. The molecule has 1 fully saturated rings. The number of hydrogen-bond acceptors (Lipinski definition) is 4. The van der Waals surface area contributed by atoms with Gasteiger partial charge in [0.25, 0.3) is 0 Å². The van der Waals surface area contributed by atoms with Crippen molar-refractivity contribution in [2.45, 2.75) is 59.2 Å². The summed E-state index contributed by atoms with van der Waals surface area (Å²) in [6.45, 7) is 13.8. The Morgan fingerprint density at radius 1 is 1.35 bits per heavy atom. The third-order valence-electron chi connectivity index (χ3n) is 4.30. The van der Waals surface area contributed by atoms with Crippen LogP contribution in [0.5, 0.6) is 0 Å². The molecule has 0 saturated carbocycles. The second-order valence-electron chi connectivity index (χ2n) is 6.79. The van der Waals surface area contributed by atoms with Crippen molar-refractivity contribution in [3.05, 3.63) is 16.6 Å². The Kier molecular flexibility index (Phi) is 5.58. The number of aromatic nitrogens is 1. The lowest BCUT2D eigenvalue weighted by atomic mass is 9.93. The molecule has 3 nitrogen and oxygen atoms in total. The molecule has 0 amide bonds. The van der Waals surface area contributed by atoms with Gasteiger partial charge in [-0.15, -0.1) is 11.3 Å². The largest absolute Gasteiger partial charge is 0.311 e. The molecular weight excluding hydrogens is 266 g/mol. The summed E-state index contributed by atoms with van der Waals surface area (Å²) >= 11 is 1.78. The van der Waals surface area contributed by atoms with E-state index in [4.69, 9.17) is 0 Å². The van der Waals surface area contributed by atoms with Crippen molar-refractivity contribution < 1.29 is 0 Å². The van der Waals surface area contributed by atoms with Crippen LogP contribution in [0.15, 0.2) is 11.6 Å². The molecule has 0 radical (unpaired) electrons. The third-order valence-corrected chi connectivity index (χ3v) is 5.25. The van der Waals surface area contributed by atoms with Crippen LogP contribution in [0.2, 0.25) is 0 Å². The minimum absolute atomic E-state index is 0.430. The fourth-order valence-corrected chi connectivity index (χ4v) is 3.95. The summed E-state index contributed by atoms with van der Waals surface area (Å²) in [6, 6.07) is 1.66. The highest BCUT2D eigenvalue weighted by molar-refractivity contribution is 7.09. The summed E-state index contributed by atoms with van der Waals surface area (Å²) in [5.74, 6) is 1.42. The number of thiazole rings is 1. The molecule has 0 bridgehead atoms. The van der Waals surface area contributed by atoms with Crippen LogP contribution >= 0.6 is 11.3 Å². The van der Waals surface area contributed by atoms with Gasteiger partial charge in [0.15, 0.2) is 0 Å². The first kappa shape index (κ1) is 15.9. The zero-order chi connectivity index (χ0) is 14.7. The highest BCUT2D eigenvalue weighted by Gasteiger charge is 2.34. The number of hydrogen-bond donors (Lipinski definition) is 1. The van der Waals surface area contributed by atoms with Crippen molar-refractivity contribution in [3.63, 3.8) is 0 Å². The molecule has 3 unspecified atom stereocenters. The van der Waals surface area contributed by atoms with E-state index in [9.17, 15) is 0 Å². The normalized spacial score (nSPS) is 26.4. The van der Waals surface area contributed by atoms with E-state index in [1.54, 1.807) is 11.3 Å². The first-order chi connectivity index (χ1) is 9.49. The molecule has 1 saturated heterocycles. The Morgan fingerprint density at radius 2 is 2.10 bits per heavy atom. The van der Waals surface area contributed by atoms with Crippen molar-refractivity contribution in [2.75, 3.05) is 13.1 Å². The van der Waals surface area contributed by atoms with Gasteiger partial charge >= 0.3 is 0 Å². The Morgan fingerprint density at radius 3 is 2.65 bits per heavy atom. The van der Waals surface area contributed by atoms with Gasteiger partial charge in [-0.25, -0.2) is 4.98 Å². The van der Waals surface area contributed by atoms with E-state index in [2.05, 4.69) is 55.2 Å². The van der Waals surface area contributed by atoms with Crippen molar-refractivity contribution >= 4 is 11.3 Å². The predicted octanol–water partition coefficient (Wildman–Crippen LogP) is 3.55. The summed E-state index contributed by atoms with van der Waals surface area (Å²) in [5, 5.41) is 7.09. The molecule has 1 aliphatic rings. The summed E-state index contributed by atoms with van der Waals surface area (Å²) < 4.78 is 0. The average Bonchev–Trinajstić information content (AvgIpc) is 2.90. The number of rotatable bonds is 5. The van der Waals surface area contributed by atoms with Crippen LogP contribution in [-0.4, -0.2) is 35.1 Å². The molecule has 114 valence electrons. The van der Waals surface area contributed by atoms with Crippen LogP contribution in [0.4, 0.5) is 0 Å². The van der Waals surface area contributed by atoms with Crippen LogP contribution in [0.1, 0.15) is 52.1 Å². The van der Waals surface area contributed by atoms with Crippen LogP contribution in [0.3, 0.4) is 0 Å². The summed E-state index contributed by atoms with van der Waals surface area (Å²) in [6.07, 6.45) is 3.18. The number of nitrogens with zero attached hydrogens (tertiary/aromatic N) is 2. The Hall–Kier alpha value is -0.450. The Labute approximate surface area is 127 Å². The molecule has 1 aromatic heterocycles. The maximum absolute atomic E-state index is 4.53. The van der Waals surface area contributed by atoms with E-state index in [-0.39, 0.29) is 0 Å². The van der Waals surface area contributed by atoms with Gasteiger partial charge in [0.2, 0.25) is 0 Å². The minimum Gasteiger partial charge on any atom is -0.311 e. The zero-order valence-electron chi connectivity index (χ0n) is 13.5. The van der Waals surface area contributed by atoms with Crippen molar-refractivity contribution in [2.24, 2.45) is 11.8 Å². The Balaban J connectivity index is 2.10. The quantitative estimate of drug-likeness (QED) is 0.900. The fraction of sp³-hybridized carbons (Fsp3) is 0.812. The van der Waals surface area contributed by atoms with E-state index in [1.807, 2.05) is 6.20 Å². The smallest absolute Gasteiger partial charge is 0.109 e. The molecule has 0 aromatic carbocycles. The van der Waals surface area contributed by atoms with Crippen molar-refractivity contribution in [1.29, 1.82) is 0 Å². The molecule has 1 N–H and O–H groups in total. The molecule has 3 atom stereocenters.